The zero-order valence-corrected chi connectivity index (χ0v) is 7.05. The van der Waals surface area contributed by atoms with Gasteiger partial charge in [0.2, 0.25) is 0 Å². The van der Waals surface area contributed by atoms with Gasteiger partial charge in [0.25, 0.3) is 5.91 Å². The maximum atomic E-state index is 11.5. The zero-order chi connectivity index (χ0) is 8.60. The molecule has 0 aliphatic carbocycles. The van der Waals surface area contributed by atoms with Crippen LogP contribution >= 0.6 is 0 Å². The lowest BCUT2D eigenvalue weighted by atomic mass is 9.78. The van der Waals surface area contributed by atoms with Crippen molar-refractivity contribution in [2.45, 2.75) is 19.3 Å². The van der Waals surface area contributed by atoms with Crippen LogP contribution in [0.25, 0.3) is 0 Å². The normalized spacial score (nSPS) is 28.4. The topological polar surface area (TPSA) is 52.6 Å². The van der Waals surface area contributed by atoms with E-state index in [0.717, 1.165) is 37.4 Å². The summed E-state index contributed by atoms with van der Waals surface area (Å²) < 4.78 is 0. The minimum atomic E-state index is -0.222. The molecule has 2 N–H and O–H groups in total. The van der Waals surface area contributed by atoms with Gasteiger partial charge in [0.15, 0.2) is 0 Å². The molecular formula is C8H14N2O2. The quantitative estimate of drug-likeness (QED) is 0.502. The Morgan fingerprint density at radius 2 is 2.00 bits per heavy atom. The molecule has 0 aromatic heterocycles. The van der Waals surface area contributed by atoms with Crippen LogP contribution in [0.5, 0.6) is 0 Å². The van der Waals surface area contributed by atoms with Gasteiger partial charge in [-0.3, -0.25) is 10.0 Å². The summed E-state index contributed by atoms with van der Waals surface area (Å²) in [5.41, 5.74) is -0.222. The van der Waals surface area contributed by atoms with Crippen molar-refractivity contribution >= 4 is 5.91 Å². The predicted molar refractivity (Wildman–Crippen MR) is 42.7 cm³/mol. The summed E-state index contributed by atoms with van der Waals surface area (Å²) in [7, 11) is 0. The summed E-state index contributed by atoms with van der Waals surface area (Å²) in [5, 5.41) is 13.3. The van der Waals surface area contributed by atoms with E-state index in [1.165, 1.54) is 0 Å². The van der Waals surface area contributed by atoms with E-state index in [9.17, 15) is 10.0 Å². The fourth-order valence-corrected chi connectivity index (χ4v) is 2.17. The smallest absolute Gasteiger partial charge is 0.252 e. The molecular weight excluding hydrogens is 156 g/mol. The van der Waals surface area contributed by atoms with Crippen molar-refractivity contribution in [1.82, 2.24) is 10.4 Å². The van der Waals surface area contributed by atoms with Crippen molar-refractivity contribution in [3.8, 4) is 0 Å². The Kier molecular flexibility index (Phi) is 1.81. The number of nitrogens with one attached hydrogen (secondary N) is 1. The maximum absolute atomic E-state index is 11.5. The minimum absolute atomic E-state index is 0.0657. The van der Waals surface area contributed by atoms with Crippen LogP contribution in [-0.4, -0.2) is 35.8 Å². The Balaban J connectivity index is 2.14. The first kappa shape index (κ1) is 8.01. The summed E-state index contributed by atoms with van der Waals surface area (Å²) in [6.07, 6.45) is 2.58. The third-order valence-electron chi connectivity index (χ3n) is 3.05. The highest BCUT2D eigenvalue weighted by molar-refractivity contribution is 5.83. The zero-order valence-electron chi connectivity index (χ0n) is 7.05. The highest BCUT2D eigenvalue weighted by Crippen LogP contribution is 2.38. The van der Waals surface area contributed by atoms with Crippen LogP contribution in [0, 0.1) is 5.41 Å². The average molecular weight is 170 g/mol. The van der Waals surface area contributed by atoms with Crippen molar-refractivity contribution in [3.63, 3.8) is 0 Å². The molecule has 2 fully saturated rings. The van der Waals surface area contributed by atoms with Crippen LogP contribution in [-0.2, 0) is 4.79 Å². The number of carbonyl (C=O) groups is 1. The second kappa shape index (κ2) is 2.71. The molecule has 0 aromatic rings. The Morgan fingerprint density at radius 1 is 1.33 bits per heavy atom. The first-order valence-corrected chi connectivity index (χ1v) is 4.46. The molecule has 2 aliphatic heterocycles. The lowest BCUT2D eigenvalue weighted by molar-refractivity contribution is -0.165. The molecule has 4 nitrogen and oxygen atoms in total. The van der Waals surface area contributed by atoms with Crippen LogP contribution < -0.4 is 5.32 Å². The van der Waals surface area contributed by atoms with E-state index in [2.05, 4.69) is 5.32 Å². The molecule has 0 aromatic carbocycles. The van der Waals surface area contributed by atoms with E-state index in [-0.39, 0.29) is 11.3 Å². The molecule has 0 unspecified atom stereocenters. The number of amides is 1. The summed E-state index contributed by atoms with van der Waals surface area (Å²) in [6.45, 7) is 2.32. The molecule has 4 heteroatoms. The standard InChI is InChI=1S/C8H14N2O2/c11-7-8(3-6-10(7)12)1-4-9-5-2-8/h9,12H,1-6H2. The first-order chi connectivity index (χ1) is 5.75. The van der Waals surface area contributed by atoms with Crippen molar-refractivity contribution in [2.75, 3.05) is 19.6 Å². The van der Waals surface area contributed by atoms with Gasteiger partial charge in [-0.15, -0.1) is 0 Å². The van der Waals surface area contributed by atoms with E-state index in [1.54, 1.807) is 0 Å². The molecule has 0 atom stereocenters. The molecule has 2 aliphatic rings. The fourth-order valence-electron chi connectivity index (χ4n) is 2.17. The van der Waals surface area contributed by atoms with Gasteiger partial charge in [-0.05, 0) is 32.4 Å². The van der Waals surface area contributed by atoms with Gasteiger partial charge in [0.1, 0.15) is 0 Å². The number of nitrogens with zero attached hydrogens (tertiary/aromatic N) is 1. The first-order valence-electron chi connectivity index (χ1n) is 4.46. The number of piperidine rings is 1. The largest absolute Gasteiger partial charge is 0.317 e. The van der Waals surface area contributed by atoms with Crippen LogP contribution in [0.1, 0.15) is 19.3 Å². The highest BCUT2D eigenvalue weighted by atomic mass is 16.5. The summed E-state index contributed by atoms with van der Waals surface area (Å²) in [5.74, 6) is -0.0657. The van der Waals surface area contributed by atoms with Gasteiger partial charge < -0.3 is 5.32 Å². The third kappa shape index (κ3) is 1.03. The van der Waals surface area contributed by atoms with Gasteiger partial charge in [0.05, 0.1) is 5.41 Å². The van der Waals surface area contributed by atoms with Crippen molar-refractivity contribution in [1.29, 1.82) is 0 Å². The molecule has 2 heterocycles. The van der Waals surface area contributed by atoms with Crippen molar-refractivity contribution < 1.29 is 10.0 Å². The second-order valence-electron chi connectivity index (χ2n) is 3.71. The molecule has 0 radical (unpaired) electrons. The molecule has 1 spiro atoms. The van der Waals surface area contributed by atoms with Crippen LogP contribution in [0.3, 0.4) is 0 Å². The van der Waals surface area contributed by atoms with Gasteiger partial charge in [-0.25, -0.2) is 5.06 Å². The van der Waals surface area contributed by atoms with E-state index in [0.29, 0.717) is 6.54 Å². The van der Waals surface area contributed by atoms with Crippen molar-refractivity contribution in [3.05, 3.63) is 0 Å². The molecule has 2 saturated heterocycles. The number of carbonyl (C=O) groups excluding carboxylic acids is 1. The second-order valence-corrected chi connectivity index (χ2v) is 3.71. The Morgan fingerprint density at radius 3 is 2.50 bits per heavy atom. The Bertz CT molecular complexity index is 194. The Labute approximate surface area is 71.5 Å². The molecule has 68 valence electrons. The number of hydroxylamine groups is 2. The SMILES string of the molecule is O=C1N(O)CCC12CCNCC2. The molecule has 1 amide bonds. The van der Waals surface area contributed by atoms with E-state index in [1.807, 2.05) is 0 Å². The molecule has 0 saturated carbocycles. The van der Waals surface area contributed by atoms with Gasteiger partial charge >= 0.3 is 0 Å². The van der Waals surface area contributed by atoms with Gasteiger partial charge in [0, 0.05) is 6.54 Å². The maximum Gasteiger partial charge on any atom is 0.252 e. The van der Waals surface area contributed by atoms with E-state index >= 15 is 0 Å². The van der Waals surface area contributed by atoms with Gasteiger partial charge in [-0.1, -0.05) is 0 Å². The lowest BCUT2D eigenvalue weighted by Gasteiger charge is -2.30. The monoisotopic (exact) mass is 170 g/mol. The van der Waals surface area contributed by atoms with Crippen molar-refractivity contribution in [2.24, 2.45) is 5.41 Å². The highest BCUT2D eigenvalue weighted by Gasteiger charge is 2.46. The van der Waals surface area contributed by atoms with Crippen LogP contribution in [0.15, 0.2) is 0 Å². The molecule has 12 heavy (non-hydrogen) atoms. The van der Waals surface area contributed by atoms with E-state index < -0.39 is 0 Å². The summed E-state index contributed by atoms with van der Waals surface area (Å²) in [6, 6.07) is 0. The lowest BCUT2D eigenvalue weighted by Crippen LogP contribution is -2.41. The van der Waals surface area contributed by atoms with Crippen LogP contribution in [0.2, 0.25) is 0 Å². The number of hydrogen-bond acceptors (Lipinski definition) is 3. The molecule has 0 bridgehead atoms. The predicted octanol–water partition coefficient (Wildman–Crippen LogP) is -0.0223. The van der Waals surface area contributed by atoms with Crippen LogP contribution in [0.4, 0.5) is 0 Å². The Hall–Kier alpha value is -0.610. The molecule has 2 rings (SSSR count). The summed E-state index contributed by atoms with van der Waals surface area (Å²) in [4.78, 5) is 11.5. The fraction of sp³-hybridized carbons (Fsp3) is 0.875. The third-order valence-corrected chi connectivity index (χ3v) is 3.05. The summed E-state index contributed by atoms with van der Waals surface area (Å²) >= 11 is 0. The average Bonchev–Trinajstić information content (AvgIpc) is 2.37. The number of hydrogen-bond donors (Lipinski definition) is 2. The number of rotatable bonds is 0. The van der Waals surface area contributed by atoms with Gasteiger partial charge in [-0.2, -0.15) is 0 Å². The van der Waals surface area contributed by atoms with E-state index in [4.69, 9.17) is 0 Å². The minimum Gasteiger partial charge on any atom is -0.317 e.